The first-order valence-electron chi connectivity index (χ1n) is 6.37. The third-order valence-electron chi connectivity index (χ3n) is 2.68. The van der Waals surface area contributed by atoms with E-state index >= 15 is 0 Å². The molecule has 0 radical (unpaired) electrons. The van der Waals surface area contributed by atoms with E-state index < -0.39 is 9.85 Å². The molecule has 0 fully saturated rings. The minimum atomic E-state index is -0.655. The first-order chi connectivity index (χ1) is 10.1. The van der Waals surface area contributed by atoms with Crippen LogP contribution < -0.4 is 5.32 Å². The molecule has 8 heteroatoms. The van der Waals surface area contributed by atoms with Crippen LogP contribution in [0.15, 0.2) is 30.9 Å². The average Bonchev–Trinajstić information content (AvgIpc) is 2.46. The molecule has 0 aliphatic heterocycles. The molecule has 0 bridgehead atoms. The molecule has 1 rings (SSSR count). The lowest BCUT2D eigenvalue weighted by atomic mass is 10.1. The SMILES string of the molecule is C=CCCOCCNCc1ccc([N+](=O)[O-])cc1[N+](=O)[O-]. The number of nitrogens with zero attached hydrogens (tertiary/aromatic N) is 2. The van der Waals surface area contributed by atoms with Gasteiger partial charge < -0.3 is 10.1 Å². The third kappa shape index (κ3) is 5.67. The van der Waals surface area contributed by atoms with Crippen molar-refractivity contribution in [3.8, 4) is 0 Å². The van der Waals surface area contributed by atoms with Crippen LogP contribution in [0, 0.1) is 20.2 Å². The van der Waals surface area contributed by atoms with E-state index in [0.717, 1.165) is 12.5 Å². The normalized spacial score (nSPS) is 10.3. The Kier molecular flexibility index (Phi) is 6.99. The molecule has 0 heterocycles. The van der Waals surface area contributed by atoms with Gasteiger partial charge in [0.15, 0.2) is 0 Å². The number of nitro benzene ring substituents is 2. The first-order valence-corrected chi connectivity index (χ1v) is 6.37. The summed E-state index contributed by atoms with van der Waals surface area (Å²) in [5.74, 6) is 0. The van der Waals surface area contributed by atoms with Gasteiger partial charge in [-0.3, -0.25) is 20.2 Å². The van der Waals surface area contributed by atoms with Crippen LogP contribution in [0.25, 0.3) is 0 Å². The minimum Gasteiger partial charge on any atom is -0.380 e. The van der Waals surface area contributed by atoms with E-state index in [2.05, 4.69) is 11.9 Å². The van der Waals surface area contributed by atoms with Crippen LogP contribution in [0.5, 0.6) is 0 Å². The summed E-state index contributed by atoms with van der Waals surface area (Å²) in [5.41, 5.74) is -0.154. The summed E-state index contributed by atoms with van der Waals surface area (Å²) in [4.78, 5) is 20.3. The molecule has 0 aliphatic carbocycles. The van der Waals surface area contributed by atoms with Crippen LogP contribution in [0.1, 0.15) is 12.0 Å². The van der Waals surface area contributed by atoms with Crippen LogP contribution >= 0.6 is 0 Å². The molecule has 8 nitrogen and oxygen atoms in total. The van der Waals surface area contributed by atoms with Crippen molar-refractivity contribution in [3.05, 3.63) is 56.6 Å². The summed E-state index contributed by atoms with van der Waals surface area (Å²) in [6.45, 7) is 5.42. The van der Waals surface area contributed by atoms with Gasteiger partial charge in [0.25, 0.3) is 11.4 Å². The number of non-ortho nitro benzene ring substituents is 1. The van der Waals surface area contributed by atoms with Gasteiger partial charge in [0, 0.05) is 24.7 Å². The number of benzene rings is 1. The van der Waals surface area contributed by atoms with Crippen molar-refractivity contribution in [1.29, 1.82) is 0 Å². The fourth-order valence-corrected chi connectivity index (χ4v) is 1.62. The van der Waals surface area contributed by atoms with E-state index in [1.54, 1.807) is 6.08 Å². The van der Waals surface area contributed by atoms with Gasteiger partial charge in [0.05, 0.1) is 29.1 Å². The van der Waals surface area contributed by atoms with E-state index in [0.29, 0.717) is 25.3 Å². The highest BCUT2D eigenvalue weighted by Crippen LogP contribution is 2.24. The van der Waals surface area contributed by atoms with E-state index in [4.69, 9.17) is 4.74 Å². The van der Waals surface area contributed by atoms with Crippen LogP contribution in [-0.4, -0.2) is 29.6 Å². The highest BCUT2D eigenvalue weighted by atomic mass is 16.6. The number of nitrogens with one attached hydrogen (secondary N) is 1. The summed E-state index contributed by atoms with van der Waals surface area (Å²) in [6.07, 6.45) is 2.53. The number of nitro groups is 2. The maximum atomic E-state index is 10.9. The van der Waals surface area contributed by atoms with Gasteiger partial charge in [-0.2, -0.15) is 0 Å². The number of ether oxygens (including phenoxy) is 1. The average molecular weight is 295 g/mol. The zero-order chi connectivity index (χ0) is 15.7. The molecule has 1 aromatic carbocycles. The van der Waals surface area contributed by atoms with Crippen molar-refractivity contribution < 1.29 is 14.6 Å². The molecule has 1 aromatic rings. The zero-order valence-corrected chi connectivity index (χ0v) is 11.5. The van der Waals surface area contributed by atoms with Crippen molar-refractivity contribution >= 4 is 11.4 Å². The Labute approximate surface area is 121 Å². The third-order valence-corrected chi connectivity index (χ3v) is 2.68. The predicted octanol–water partition coefficient (Wildman–Crippen LogP) is 2.19. The molecular formula is C13H17N3O5. The van der Waals surface area contributed by atoms with Gasteiger partial charge in [-0.05, 0) is 12.5 Å². The Morgan fingerprint density at radius 1 is 1.24 bits per heavy atom. The first kappa shape index (κ1) is 16.7. The quantitative estimate of drug-likeness (QED) is 0.307. The van der Waals surface area contributed by atoms with Crippen LogP contribution in [0.2, 0.25) is 0 Å². The summed E-state index contributed by atoms with van der Waals surface area (Å²) in [7, 11) is 0. The molecule has 21 heavy (non-hydrogen) atoms. The largest absolute Gasteiger partial charge is 0.380 e. The predicted molar refractivity (Wildman–Crippen MR) is 77.1 cm³/mol. The fraction of sp³-hybridized carbons (Fsp3) is 0.385. The standard InChI is InChI=1S/C13H17N3O5/c1-2-3-7-21-8-6-14-10-11-4-5-12(15(17)18)9-13(11)16(19)20/h2,4-5,9,14H,1,3,6-8,10H2. The number of rotatable bonds is 10. The lowest BCUT2D eigenvalue weighted by Crippen LogP contribution is -2.20. The molecule has 0 saturated heterocycles. The molecule has 0 amide bonds. The van der Waals surface area contributed by atoms with Crippen molar-refractivity contribution in [2.24, 2.45) is 0 Å². The summed E-state index contributed by atoms with van der Waals surface area (Å²) in [6, 6.07) is 3.62. The van der Waals surface area contributed by atoms with Gasteiger partial charge in [-0.25, -0.2) is 0 Å². The Balaban J connectivity index is 2.52. The molecule has 0 aliphatic rings. The Bertz CT molecular complexity index is 519. The highest BCUT2D eigenvalue weighted by Gasteiger charge is 2.18. The summed E-state index contributed by atoms with van der Waals surface area (Å²) < 4.78 is 5.28. The van der Waals surface area contributed by atoms with E-state index in [9.17, 15) is 20.2 Å². The van der Waals surface area contributed by atoms with Crippen molar-refractivity contribution in [3.63, 3.8) is 0 Å². The number of hydrogen-bond donors (Lipinski definition) is 1. The molecule has 1 N–H and O–H groups in total. The second kappa shape index (κ2) is 8.77. The lowest BCUT2D eigenvalue weighted by molar-refractivity contribution is -0.394. The van der Waals surface area contributed by atoms with Crippen LogP contribution in [-0.2, 0) is 11.3 Å². The second-order valence-electron chi connectivity index (χ2n) is 4.19. The Morgan fingerprint density at radius 3 is 2.62 bits per heavy atom. The lowest BCUT2D eigenvalue weighted by Gasteiger charge is -2.06. The van der Waals surface area contributed by atoms with Gasteiger partial charge in [-0.1, -0.05) is 6.08 Å². The van der Waals surface area contributed by atoms with Crippen molar-refractivity contribution in [1.82, 2.24) is 5.32 Å². The monoisotopic (exact) mass is 295 g/mol. The smallest absolute Gasteiger partial charge is 0.280 e. The Morgan fingerprint density at radius 2 is 2.00 bits per heavy atom. The zero-order valence-electron chi connectivity index (χ0n) is 11.5. The summed E-state index contributed by atoms with van der Waals surface area (Å²) in [5, 5.41) is 24.5. The maximum Gasteiger partial charge on any atom is 0.280 e. The molecule has 0 atom stereocenters. The Hall–Kier alpha value is -2.32. The molecule has 114 valence electrons. The molecule has 0 spiro atoms. The van der Waals surface area contributed by atoms with Gasteiger partial charge in [0.2, 0.25) is 0 Å². The van der Waals surface area contributed by atoms with Gasteiger partial charge in [0.1, 0.15) is 0 Å². The minimum absolute atomic E-state index is 0.249. The number of hydrogen-bond acceptors (Lipinski definition) is 6. The molecule has 0 saturated carbocycles. The van der Waals surface area contributed by atoms with E-state index in [-0.39, 0.29) is 17.9 Å². The maximum absolute atomic E-state index is 10.9. The van der Waals surface area contributed by atoms with Crippen molar-refractivity contribution in [2.75, 3.05) is 19.8 Å². The molecule has 0 unspecified atom stereocenters. The van der Waals surface area contributed by atoms with E-state index in [1.165, 1.54) is 12.1 Å². The van der Waals surface area contributed by atoms with Crippen LogP contribution in [0.3, 0.4) is 0 Å². The van der Waals surface area contributed by atoms with Gasteiger partial charge in [-0.15, -0.1) is 6.58 Å². The van der Waals surface area contributed by atoms with E-state index in [1.807, 2.05) is 0 Å². The highest BCUT2D eigenvalue weighted by molar-refractivity contribution is 5.49. The summed E-state index contributed by atoms with van der Waals surface area (Å²) >= 11 is 0. The second-order valence-corrected chi connectivity index (χ2v) is 4.19. The molecule has 0 aromatic heterocycles. The topological polar surface area (TPSA) is 108 Å². The molecular weight excluding hydrogens is 278 g/mol. The van der Waals surface area contributed by atoms with Gasteiger partial charge >= 0.3 is 0 Å². The van der Waals surface area contributed by atoms with Crippen LogP contribution in [0.4, 0.5) is 11.4 Å². The van der Waals surface area contributed by atoms with Crippen molar-refractivity contribution in [2.45, 2.75) is 13.0 Å². The fourth-order valence-electron chi connectivity index (χ4n) is 1.62.